The van der Waals surface area contributed by atoms with Crippen molar-refractivity contribution in [3.63, 3.8) is 0 Å². The zero-order chi connectivity index (χ0) is 16.9. The number of nitrogens with zero attached hydrogens (tertiary/aromatic N) is 2. The summed E-state index contributed by atoms with van der Waals surface area (Å²) in [5.41, 5.74) is 1.66. The van der Waals surface area contributed by atoms with Crippen LogP contribution in [0, 0.1) is 5.82 Å². The minimum absolute atomic E-state index is 0.0518. The Morgan fingerprint density at radius 1 is 1.22 bits per heavy atom. The molecule has 5 nitrogen and oxygen atoms in total. The van der Waals surface area contributed by atoms with Gasteiger partial charge in [-0.2, -0.15) is 0 Å². The number of fused-ring (bicyclic) bond motifs is 1. The maximum atomic E-state index is 14.1. The van der Waals surface area contributed by atoms with E-state index in [0.29, 0.717) is 23.1 Å². The molecule has 122 valence electrons. The predicted octanol–water partition coefficient (Wildman–Crippen LogP) is 2.05. The molecule has 23 heavy (non-hydrogen) atoms. The number of likely N-dealkylation sites (tertiary alicyclic amines) is 1. The molecular formula is C17H19FN2O3. The third-order valence-corrected chi connectivity index (χ3v) is 4.70. The number of hydrogen-bond acceptors (Lipinski definition) is 3. The Bertz CT molecular complexity index is 714. The summed E-state index contributed by atoms with van der Waals surface area (Å²) < 4.78 is 14.1. The van der Waals surface area contributed by atoms with Crippen LogP contribution in [0.4, 0.5) is 4.39 Å². The molecule has 2 heterocycles. The third kappa shape index (κ3) is 2.33. The van der Waals surface area contributed by atoms with Gasteiger partial charge in [0, 0.05) is 25.6 Å². The van der Waals surface area contributed by atoms with E-state index in [-0.39, 0.29) is 42.4 Å². The first-order chi connectivity index (χ1) is 10.8. The van der Waals surface area contributed by atoms with Crippen LogP contribution in [-0.4, -0.2) is 40.6 Å². The van der Waals surface area contributed by atoms with Gasteiger partial charge in [0.1, 0.15) is 11.9 Å². The minimum Gasteiger partial charge on any atom is -0.322 e. The number of rotatable bonds is 2. The van der Waals surface area contributed by atoms with Crippen molar-refractivity contribution in [2.24, 2.45) is 0 Å². The molecule has 0 saturated carbocycles. The van der Waals surface area contributed by atoms with E-state index in [0.717, 1.165) is 4.90 Å². The molecule has 2 aliphatic rings. The van der Waals surface area contributed by atoms with Crippen LogP contribution >= 0.6 is 0 Å². The summed E-state index contributed by atoms with van der Waals surface area (Å²) in [6.45, 7) is 3.98. The quantitative estimate of drug-likeness (QED) is 0.784. The number of benzene rings is 1. The number of piperidine rings is 1. The first-order valence-corrected chi connectivity index (χ1v) is 7.75. The fourth-order valence-corrected chi connectivity index (χ4v) is 3.47. The lowest BCUT2D eigenvalue weighted by Crippen LogP contribution is -2.53. The van der Waals surface area contributed by atoms with Crippen LogP contribution in [-0.2, 0) is 16.1 Å². The largest absolute Gasteiger partial charge is 0.322 e. The molecule has 3 amide bonds. The van der Waals surface area contributed by atoms with Crippen molar-refractivity contribution in [3.8, 4) is 0 Å². The van der Waals surface area contributed by atoms with Crippen molar-refractivity contribution in [1.29, 1.82) is 0 Å². The van der Waals surface area contributed by atoms with E-state index in [9.17, 15) is 18.8 Å². The number of carbonyl (C=O) groups excluding carboxylic acids is 3. The smallest absolute Gasteiger partial charge is 0.255 e. The van der Waals surface area contributed by atoms with E-state index in [1.54, 1.807) is 0 Å². The van der Waals surface area contributed by atoms with Gasteiger partial charge in [-0.25, -0.2) is 4.39 Å². The average Bonchev–Trinajstić information content (AvgIpc) is 2.81. The van der Waals surface area contributed by atoms with Gasteiger partial charge in [-0.05, 0) is 35.6 Å². The van der Waals surface area contributed by atoms with E-state index in [1.165, 1.54) is 24.1 Å². The lowest BCUT2D eigenvalue weighted by Gasteiger charge is -2.33. The number of halogens is 1. The van der Waals surface area contributed by atoms with Crippen LogP contribution in [0.2, 0.25) is 0 Å². The molecule has 2 aliphatic heterocycles. The third-order valence-electron chi connectivity index (χ3n) is 4.70. The van der Waals surface area contributed by atoms with Crippen LogP contribution < -0.4 is 0 Å². The van der Waals surface area contributed by atoms with Crippen LogP contribution in [0.1, 0.15) is 54.1 Å². The molecule has 0 radical (unpaired) electrons. The van der Waals surface area contributed by atoms with Crippen molar-refractivity contribution in [1.82, 2.24) is 9.80 Å². The number of carbonyl (C=O) groups is 3. The topological polar surface area (TPSA) is 57.7 Å². The lowest BCUT2D eigenvalue weighted by molar-refractivity contribution is -0.150. The van der Waals surface area contributed by atoms with E-state index in [1.807, 2.05) is 13.8 Å². The molecule has 1 aromatic rings. The highest BCUT2D eigenvalue weighted by atomic mass is 19.1. The molecule has 3 rings (SSSR count). The molecule has 1 aromatic carbocycles. The van der Waals surface area contributed by atoms with Gasteiger partial charge >= 0.3 is 0 Å². The van der Waals surface area contributed by atoms with Gasteiger partial charge < -0.3 is 4.90 Å². The molecule has 0 N–H and O–H groups in total. The van der Waals surface area contributed by atoms with Crippen LogP contribution in [0.15, 0.2) is 12.1 Å². The van der Waals surface area contributed by atoms with Crippen LogP contribution in [0.3, 0.4) is 0 Å². The Morgan fingerprint density at radius 2 is 1.91 bits per heavy atom. The normalized spacial score (nSPS) is 21.4. The molecule has 0 aliphatic carbocycles. The van der Waals surface area contributed by atoms with E-state index in [2.05, 4.69) is 0 Å². The summed E-state index contributed by atoms with van der Waals surface area (Å²) in [5.74, 6) is -1.24. The highest BCUT2D eigenvalue weighted by Gasteiger charge is 2.42. The Balaban J connectivity index is 1.97. The Morgan fingerprint density at radius 3 is 2.57 bits per heavy atom. The van der Waals surface area contributed by atoms with Crippen LogP contribution in [0.25, 0.3) is 0 Å². The monoisotopic (exact) mass is 318 g/mol. The maximum Gasteiger partial charge on any atom is 0.255 e. The highest BCUT2D eigenvalue weighted by Crippen LogP contribution is 2.34. The van der Waals surface area contributed by atoms with Gasteiger partial charge in [0.2, 0.25) is 5.91 Å². The van der Waals surface area contributed by atoms with Crippen LogP contribution in [0.5, 0.6) is 0 Å². The Kier molecular flexibility index (Phi) is 3.70. The zero-order valence-corrected chi connectivity index (χ0v) is 13.4. The van der Waals surface area contributed by atoms with Gasteiger partial charge in [-0.3, -0.25) is 19.3 Å². The van der Waals surface area contributed by atoms with Gasteiger partial charge in [0.05, 0.1) is 0 Å². The summed E-state index contributed by atoms with van der Waals surface area (Å²) in [6, 6.07) is 2.15. The average molecular weight is 318 g/mol. The van der Waals surface area contributed by atoms with Crippen molar-refractivity contribution in [3.05, 3.63) is 34.6 Å². The fourth-order valence-electron chi connectivity index (χ4n) is 3.47. The van der Waals surface area contributed by atoms with Crippen molar-refractivity contribution in [2.75, 3.05) is 7.05 Å². The minimum atomic E-state index is -0.652. The molecule has 6 heteroatoms. The molecule has 0 aromatic heterocycles. The highest BCUT2D eigenvalue weighted by molar-refractivity contribution is 6.05. The summed E-state index contributed by atoms with van der Waals surface area (Å²) in [4.78, 5) is 39.2. The molecule has 1 saturated heterocycles. The van der Waals surface area contributed by atoms with Gasteiger partial charge in [-0.1, -0.05) is 13.8 Å². The number of amides is 3. The fraction of sp³-hybridized carbons (Fsp3) is 0.471. The number of likely N-dealkylation sites (N-methyl/N-ethyl adjacent to an activating group) is 1. The Labute approximate surface area is 134 Å². The second-order valence-electron chi connectivity index (χ2n) is 6.42. The lowest BCUT2D eigenvalue weighted by atomic mass is 9.94. The Hall–Kier alpha value is -2.24. The molecule has 1 unspecified atom stereocenters. The van der Waals surface area contributed by atoms with E-state index < -0.39 is 6.04 Å². The standard InChI is InChI=1S/C17H19FN2O3/c1-9(2)15-11-8-20(16(22)10(11)4-5-12(15)18)13-6-7-14(21)19(3)17(13)23/h4-5,9,13H,6-8H2,1-3H3. The van der Waals surface area contributed by atoms with Gasteiger partial charge in [0.15, 0.2) is 0 Å². The number of hydrogen-bond donors (Lipinski definition) is 0. The van der Waals surface area contributed by atoms with Crippen molar-refractivity contribution in [2.45, 2.75) is 45.2 Å². The second kappa shape index (κ2) is 5.44. The summed E-state index contributed by atoms with van der Waals surface area (Å²) in [5, 5.41) is 0. The summed E-state index contributed by atoms with van der Waals surface area (Å²) >= 11 is 0. The summed E-state index contributed by atoms with van der Waals surface area (Å²) in [7, 11) is 1.43. The molecular weight excluding hydrogens is 299 g/mol. The SMILES string of the molecule is CC(C)c1c(F)ccc2c1CN(C1CCC(=O)N(C)C1=O)C2=O. The molecule has 0 bridgehead atoms. The number of imide groups is 1. The van der Waals surface area contributed by atoms with E-state index >= 15 is 0 Å². The van der Waals surface area contributed by atoms with Gasteiger partial charge in [-0.15, -0.1) is 0 Å². The second-order valence-corrected chi connectivity index (χ2v) is 6.42. The molecule has 1 atom stereocenters. The van der Waals surface area contributed by atoms with Crippen molar-refractivity contribution < 1.29 is 18.8 Å². The van der Waals surface area contributed by atoms with Crippen molar-refractivity contribution >= 4 is 17.7 Å². The first-order valence-electron chi connectivity index (χ1n) is 7.75. The van der Waals surface area contributed by atoms with Gasteiger partial charge in [0.25, 0.3) is 11.8 Å². The van der Waals surface area contributed by atoms with E-state index in [4.69, 9.17) is 0 Å². The predicted molar refractivity (Wildman–Crippen MR) is 81.2 cm³/mol. The first kappa shape index (κ1) is 15.6. The molecule has 1 fully saturated rings. The maximum absolute atomic E-state index is 14.1. The zero-order valence-electron chi connectivity index (χ0n) is 13.4. The molecule has 0 spiro atoms. The summed E-state index contributed by atoms with van der Waals surface area (Å²) in [6.07, 6.45) is 0.555.